The zero-order chi connectivity index (χ0) is 19.5. The number of carbonyl (C=O) groups is 1. The summed E-state index contributed by atoms with van der Waals surface area (Å²) in [5.74, 6) is -1.19. The van der Waals surface area contributed by atoms with Gasteiger partial charge >= 0.3 is 5.97 Å². The van der Waals surface area contributed by atoms with Crippen LogP contribution >= 0.6 is 0 Å². The molecule has 1 N–H and O–H groups in total. The Labute approximate surface area is 162 Å². The van der Waals surface area contributed by atoms with Crippen LogP contribution in [0.1, 0.15) is 34.8 Å². The summed E-state index contributed by atoms with van der Waals surface area (Å²) >= 11 is 0. The van der Waals surface area contributed by atoms with Gasteiger partial charge in [0, 0.05) is 31.5 Å². The van der Waals surface area contributed by atoms with Gasteiger partial charge in [-0.25, -0.2) is 14.2 Å². The molecule has 2 aromatic heterocycles. The molecular formula is C21H21FN4O2. The minimum Gasteiger partial charge on any atom is -0.478 e. The number of benzene rings is 1. The Kier molecular flexibility index (Phi) is 5.16. The lowest BCUT2D eigenvalue weighted by molar-refractivity contribution is 0.0697. The fraction of sp³-hybridized carbons (Fsp3) is 0.286. The molecule has 6 nitrogen and oxygen atoms in total. The van der Waals surface area contributed by atoms with Gasteiger partial charge in [-0.2, -0.15) is 0 Å². The van der Waals surface area contributed by atoms with Crippen molar-refractivity contribution in [1.29, 1.82) is 0 Å². The predicted molar refractivity (Wildman–Crippen MR) is 102 cm³/mol. The van der Waals surface area contributed by atoms with Gasteiger partial charge in [-0.05, 0) is 49.2 Å². The van der Waals surface area contributed by atoms with Crippen LogP contribution in [0.4, 0.5) is 4.39 Å². The van der Waals surface area contributed by atoms with Gasteiger partial charge in [-0.15, -0.1) is 0 Å². The molecule has 4 rings (SSSR count). The number of hydrogen-bond acceptors (Lipinski definition) is 4. The standard InChI is InChI=1S/C21H21FN4O2/c22-17-5-3-15(4-6-17)20-2-1-9-26(20)11-10-25-13-19(24-14-25)18-12-16(21(27)28)7-8-23-18/h3-8,12-14,20H,1-2,9-11H2,(H,27,28)/t20-/m0/s1. The first-order chi connectivity index (χ1) is 13.6. The van der Waals surface area contributed by atoms with Crippen molar-refractivity contribution in [2.75, 3.05) is 13.1 Å². The summed E-state index contributed by atoms with van der Waals surface area (Å²) in [5.41, 5.74) is 2.54. The lowest BCUT2D eigenvalue weighted by Crippen LogP contribution is -2.27. The summed E-state index contributed by atoms with van der Waals surface area (Å²) in [6.07, 6.45) is 7.32. The summed E-state index contributed by atoms with van der Waals surface area (Å²) < 4.78 is 15.2. The zero-order valence-corrected chi connectivity index (χ0v) is 15.3. The number of pyridine rings is 1. The molecule has 144 valence electrons. The van der Waals surface area contributed by atoms with Crippen molar-refractivity contribution >= 4 is 5.97 Å². The molecule has 3 heterocycles. The molecule has 28 heavy (non-hydrogen) atoms. The molecule has 7 heteroatoms. The largest absolute Gasteiger partial charge is 0.478 e. The highest BCUT2D eigenvalue weighted by Gasteiger charge is 2.25. The normalized spacial score (nSPS) is 17.1. The Morgan fingerprint density at radius 2 is 1.96 bits per heavy atom. The Balaban J connectivity index is 1.42. The van der Waals surface area contributed by atoms with E-state index in [9.17, 15) is 9.18 Å². The van der Waals surface area contributed by atoms with Gasteiger partial charge in [-0.1, -0.05) is 12.1 Å². The summed E-state index contributed by atoms with van der Waals surface area (Å²) in [5, 5.41) is 9.12. The van der Waals surface area contributed by atoms with Gasteiger partial charge in [0.15, 0.2) is 0 Å². The third kappa shape index (κ3) is 3.94. The van der Waals surface area contributed by atoms with Crippen molar-refractivity contribution < 1.29 is 14.3 Å². The summed E-state index contributed by atoms with van der Waals surface area (Å²) in [7, 11) is 0. The van der Waals surface area contributed by atoms with Crippen LogP contribution in [-0.2, 0) is 6.54 Å². The molecule has 1 aliphatic rings. The zero-order valence-electron chi connectivity index (χ0n) is 15.3. The molecule has 1 aliphatic heterocycles. The second-order valence-electron chi connectivity index (χ2n) is 6.98. The Hall–Kier alpha value is -3.06. The first kappa shape index (κ1) is 18.3. The second-order valence-corrected chi connectivity index (χ2v) is 6.98. The van der Waals surface area contributed by atoms with Crippen molar-refractivity contribution in [3.05, 3.63) is 72.1 Å². The lowest BCUT2D eigenvalue weighted by atomic mass is 10.0. The summed E-state index contributed by atoms with van der Waals surface area (Å²) in [6, 6.07) is 10.1. The molecule has 0 spiro atoms. The SMILES string of the molecule is O=C(O)c1ccnc(-c2cn(CCN3CCC[C@H]3c3ccc(F)cc3)cn2)c1. The maximum atomic E-state index is 13.2. The first-order valence-corrected chi connectivity index (χ1v) is 9.31. The fourth-order valence-electron chi connectivity index (χ4n) is 3.72. The lowest BCUT2D eigenvalue weighted by Gasteiger charge is -2.25. The van der Waals surface area contributed by atoms with E-state index in [1.54, 1.807) is 6.33 Å². The van der Waals surface area contributed by atoms with Crippen LogP contribution in [0.5, 0.6) is 0 Å². The smallest absolute Gasteiger partial charge is 0.335 e. The molecule has 0 unspecified atom stereocenters. The van der Waals surface area contributed by atoms with E-state index in [-0.39, 0.29) is 11.4 Å². The van der Waals surface area contributed by atoms with E-state index in [1.807, 2.05) is 22.9 Å². The summed E-state index contributed by atoms with van der Waals surface area (Å²) in [4.78, 5) is 22.1. The number of likely N-dealkylation sites (tertiary alicyclic amines) is 1. The molecular weight excluding hydrogens is 359 g/mol. The van der Waals surface area contributed by atoms with Gasteiger partial charge < -0.3 is 9.67 Å². The van der Waals surface area contributed by atoms with Gasteiger partial charge in [0.25, 0.3) is 0 Å². The third-order valence-electron chi connectivity index (χ3n) is 5.17. The molecule has 3 aromatic rings. The number of nitrogens with zero attached hydrogens (tertiary/aromatic N) is 4. The fourth-order valence-corrected chi connectivity index (χ4v) is 3.72. The maximum absolute atomic E-state index is 13.2. The summed E-state index contributed by atoms with van der Waals surface area (Å²) in [6.45, 7) is 2.65. The van der Waals surface area contributed by atoms with Gasteiger partial charge in [0.05, 0.1) is 17.6 Å². The van der Waals surface area contributed by atoms with Crippen LogP contribution in [-0.4, -0.2) is 43.6 Å². The molecule has 0 saturated carbocycles. The molecule has 0 bridgehead atoms. The number of hydrogen-bond donors (Lipinski definition) is 1. The molecule has 1 atom stereocenters. The minimum absolute atomic E-state index is 0.193. The topological polar surface area (TPSA) is 71.2 Å². The number of imidazole rings is 1. The van der Waals surface area contributed by atoms with Crippen molar-refractivity contribution in [2.45, 2.75) is 25.4 Å². The van der Waals surface area contributed by atoms with Crippen molar-refractivity contribution in [1.82, 2.24) is 19.4 Å². The molecule has 1 saturated heterocycles. The number of rotatable bonds is 6. The van der Waals surface area contributed by atoms with Crippen LogP contribution in [0.2, 0.25) is 0 Å². The van der Waals surface area contributed by atoms with Crippen molar-refractivity contribution in [2.24, 2.45) is 0 Å². The van der Waals surface area contributed by atoms with Crippen LogP contribution in [0.3, 0.4) is 0 Å². The van der Waals surface area contributed by atoms with Crippen LogP contribution in [0.25, 0.3) is 11.4 Å². The van der Waals surface area contributed by atoms with Crippen molar-refractivity contribution in [3.63, 3.8) is 0 Å². The van der Waals surface area contributed by atoms with E-state index in [0.717, 1.165) is 38.0 Å². The number of carboxylic acids is 1. The van der Waals surface area contributed by atoms with E-state index >= 15 is 0 Å². The molecule has 0 amide bonds. The number of halogens is 1. The average molecular weight is 380 g/mol. The molecule has 1 fully saturated rings. The van der Waals surface area contributed by atoms with E-state index in [0.29, 0.717) is 17.4 Å². The van der Waals surface area contributed by atoms with E-state index in [2.05, 4.69) is 14.9 Å². The number of aromatic carboxylic acids is 1. The maximum Gasteiger partial charge on any atom is 0.335 e. The Bertz CT molecular complexity index is 971. The predicted octanol–water partition coefficient (Wildman–Crippen LogP) is 3.62. The monoisotopic (exact) mass is 380 g/mol. The highest BCUT2D eigenvalue weighted by molar-refractivity contribution is 5.88. The highest BCUT2D eigenvalue weighted by atomic mass is 19.1. The van der Waals surface area contributed by atoms with E-state index in [1.165, 1.54) is 30.5 Å². The number of aromatic nitrogens is 3. The quantitative estimate of drug-likeness (QED) is 0.707. The van der Waals surface area contributed by atoms with Gasteiger partial charge in [-0.3, -0.25) is 9.88 Å². The van der Waals surface area contributed by atoms with E-state index in [4.69, 9.17) is 5.11 Å². The van der Waals surface area contributed by atoms with Gasteiger partial charge in [0.2, 0.25) is 0 Å². The highest BCUT2D eigenvalue weighted by Crippen LogP contribution is 2.31. The number of carboxylic acid groups (broad SMARTS) is 1. The van der Waals surface area contributed by atoms with Crippen LogP contribution in [0, 0.1) is 5.82 Å². The minimum atomic E-state index is -0.982. The molecule has 0 aliphatic carbocycles. The first-order valence-electron chi connectivity index (χ1n) is 9.31. The second kappa shape index (κ2) is 7.90. The van der Waals surface area contributed by atoms with Crippen LogP contribution in [0.15, 0.2) is 55.1 Å². The Morgan fingerprint density at radius 1 is 1.14 bits per heavy atom. The van der Waals surface area contributed by atoms with E-state index < -0.39 is 5.97 Å². The Morgan fingerprint density at radius 3 is 2.75 bits per heavy atom. The average Bonchev–Trinajstić information content (AvgIpc) is 3.36. The van der Waals surface area contributed by atoms with Gasteiger partial charge in [0.1, 0.15) is 11.5 Å². The molecule has 1 aromatic carbocycles. The van der Waals surface area contributed by atoms with Crippen molar-refractivity contribution in [3.8, 4) is 11.4 Å². The third-order valence-corrected chi connectivity index (χ3v) is 5.17. The molecule has 0 radical (unpaired) electrons. The van der Waals surface area contributed by atoms with Crippen LogP contribution < -0.4 is 0 Å².